The zero-order valence-electron chi connectivity index (χ0n) is 7.49. The van der Waals surface area contributed by atoms with Crippen molar-refractivity contribution >= 4 is 11.6 Å². The van der Waals surface area contributed by atoms with Gasteiger partial charge in [-0.3, -0.25) is 5.10 Å². The van der Waals surface area contributed by atoms with Crippen LogP contribution in [0.15, 0.2) is 24.5 Å². The molecule has 1 aromatic carbocycles. The maximum atomic E-state index is 5.87. The summed E-state index contributed by atoms with van der Waals surface area (Å²) in [5.74, 6) is 1.28. The Morgan fingerprint density at radius 1 is 1.43 bits per heavy atom. The Hall–Kier alpha value is -1.55. The number of hydrogen-bond acceptors (Lipinski definition) is 3. The van der Waals surface area contributed by atoms with E-state index >= 15 is 0 Å². The van der Waals surface area contributed by atoms with Crippen LogP contribution >= 0.6 is 11.6 Å². The van der Waals surface area contributed by atoms with Crippen molar-refractivity contribution in [1.29, 1.82) is 0 Å². The third-order valence-electron chi connectivity index (χ3n) is 1.82. The van der Waals surface area contributed by atoms with Gasteiger partial charge in [0.2, 0.25) is 0 Å². The first kappa shape index (κ1) is 9.02. The molecule has 0 unspecified atom stereocenters. The topological polar surface area (TPSA) is 50.8 Å². The Kier molecular flexibility index (Phi) is 2.37. The Labute approximate surface area is 85.9 Å². The van der Waals surface area contributed by atoms with Crippen LogP contribution in [0, 0.1) is 0 Å². The molecule has 0 aliphatic carbocycles. The Balaban J connectivity index is 2.55. The highest BCUT2D eigenvalue weighted by Gasteiger charge is 2.09. The molecule has 0 atom stereocenters. The summed E-state index contributed by atoms with van der Waals surface area (Å²) in [6.45, 7) is 0. The second-order valence-electron chi connectivity index (χ2n) is 2.67. The molecule has 0 aliphatic heterocycles. The van der Waals surface area contributed by atoms with Gasteiger partial charge >= 0.3 is 0 Å². The van der Waals surface area contributed by atoms with Crippen LogP contribution < -0.4 is 4.74 Å². The second-order valence-corrected chi connectivity index (χ2v) is 3.10. The molecule has 0 saturated heterocycles. The van der Waals surface area contributed by atoms with Crippen molar-refractivity contribution in [3.63, 3.8) is 0 Å². The van der Waals surface area contributed by atoms with Crippen LogP contribution in [0.2, 0.25) is 5.02 Å². The van der Waals surface area contributed by atoms with Crippen LogP contribution in [0.1, 0.15) is 0 Å². The first-order chi connectivity index (χ1) is 6.81. The average molecular weight is 210 g/mol. The SMILES string of the molecule is COc1ccc(Cl)cc1-c1nc[nH]n1. The summed E-state index contributed by atoms with van der Waals surface area (Å²) >= 11 is 5.87. The molecule has 0 saturated carbocycles. The lowest BCUT2D eigenvalue weighted by Crippen LogP contribution is -1.89. The summed E-state index contributed by atoms with van der Waals surface area (Å²) in [6, 6.07) is 5.31. The predicted molar refractivity (Wildman–Crippen MR) is 53.4 cm³/mol. The second kappa shape index (κ2) is 3.67. The van der Waals surface area contributed by atoms with Crippen molar-refractivity contribution in [1.82, 2.24) is 15.2 Å². The maximum Gasteiger partial charge on any atom is 0.184 e. The summed E-state index contributed by atoms with van der Waals surface area (Å²) in [4.78, 5) is 4.03. The minimum absolute atomic E-state index is 0.573. The monoisotopic (exact) mass is 209 g/mol. The smallest absolute Gasteiger partial charge is 0.184 e. The Morgan fingerprint density at radius 3 is 2.93 bits per heavy atom. The van der Waals surface area contributed by atoms with E-state index < -0.39 is 0 Å². The molecule has 0 radical (unpaired) electrons. The lowest BCUT2D eigenvalue weighted by molar-refractivity contribution is 0.416. The molecule has 72 valence electrons. The third kappa shape index (κ3) is 1.56. The molecule has 2 rings (SSSR count). The molecule has 0 bridgehead atoms. The molecule has 0 amide bonds. The van der Waals surface area contributed by atoms with Gasteiger partial charge < -0.3 is 4.74 Å². The van der Waals surface area contributed by atoms with E-state index in [1.807, 2.05) is 0 Å². The lowest BCUT2D eigenvalue weighted by Gasteiger charge is -2.04. The van der Waals surface area contributed by atoms with Crippen molar-refractivity contribution in [2.45, 2.75) is 0 Å². The lowest BCUT2D eigenvalue weighted by atomic mass is 10.2. The van der Waals surface area contributed by atoms with Gasteiger partial charge in [-0.2, -0.15) is 5.10 Å². The zero-order chi connectivity index (χ0) is 9.97. The van der Waals surface area contributed by atoms with E-state index in [0.717, 1.165) is 5.56 Å². The first-order valence-corrected chi connectivity index (χ1v) is 4.39. The van der Waals surface area contributed by atoms with E-state index in [2.05, 4.69) is 15.2 Å². The molecule has 0 aliphatic rings. The van der Waals surface area contributed by atoms with Crippen molar-refractivity contribution in [3.8, 4) is 17.1 Å². The number of ether oxygens (including phenoxy) is 1. The minimum atomic E-state index is 0.573. The van der Waals surface area contributed by atoms with Gasteiger partial charge in [0.05, 0.1) is 12.7 Å². The van der Waals surface area contributed by atoms with E-state index in [1.165, 1.54) is 6.33 Å². The molecule has 5 heteroatoms. The number of benzene rings is 1. The summed E-state index contributed by atoms with van der Waals surface area (Å²) in [6.07, 6.45) is 1.51. The molecule has 1 aromatic heterocycles. The molecule has 0 fully saturated rings. The van der Waals surface area contributed by atoms with Crippen LogP contribution in [-0.2, 0) is 0 Å². The third-order valence-corrected chi connectivity index (χ3v) is 2.05. The quantitative estimate of drug-likeness (QED) is 0.825. The fourth-order valence-corrected chi connectivity index (χ4v) is 1.37. The van der Waals surface area contributed by atoms with Crippen molar-refractivity contribution in [3.05, 3.63) is 29.5 Å². The maximum absolute atomic E-state index is 5.87. The molecule has 1 heterocycles. The fourth-order valence-electron chi connectivity index (χ4n) is 1.19. The van der Waals surface area contributed by atoms with Gasteiger partial charge in [0, 0.05) is 5.02 Å². The van der Waals surface area contributed by atoms with E-state index in [0.29, 0.717) is 16.6 Å². The van der Waals surface area contributed by atoms with Gasteiger partial charge in [0.1, 0.15) is 12.1 Å². The molecule has 4 nitrogen and oxygen atoms in total. The number of hydrogen-bond donors (Lipinski definition) is 1. The first-order valence-electron chi connectivity index (χ1n) is 4.01. The molecule has 14 heavy (non-hydrogen) atoms. The molecular formula is C9H8ClN3O. The van der Waals surface area contributed by atoms with Gasteiger partial charge in [-0.1, -0.05) is 11.6 Å². The Morgan fingerprint density at radius 2 is 2.29 bits per heavy atom. The number of H-pyrrole nitrogens is 1. The van der Waals surface area contributed by atoms with Crippen LogP contribution in [0.3, 0.4) is 0 Å². The molecule has 0 spiro atoms. The van der Waals surface area contributed by atoms with Gasteiger partial charge in [0.25, 0.3) is 0 Å². The van der Waals surface area contributed by atoms with Gasteiger partial charge in [-0.25, -0.2) is 4.98 Å². The highest BCUT2D eigenvalue weighted by atomic mass is 35.5. The molecule has 2 aromatic rings. The molecule has 1 N–H and O–H groups in total. The molecular weight excluding hydrogens is 202 g/mol. The average Bonchev–Trinajstić information content (AvgIpc) is 2.70. The normalized spacial score (nSPS) is 10.1. The fraction of sp³-hybridized carbons (Fsp3) is 0.111. The van der Waals surface area contributed by atoms with Gasteiger partial charge in [-0.15, -0.1) is 0 Å². The number of nitrogens with one attached hydrogen (secondary N) is 1. The summed E-state index contributed by atoms with van der Waals surface area (Å²) in [7, 11) is 1.60. The van der Waals surface area contributed by atoms with Gasteiger partial charge in [-0.05, 0) is 18.2 Å². The highest BCUT2D eigenvalue weighted by Crippen LogP contribution is 2.29. The zero-order valence-corrected chi connectivity index (χ0v) is 8.25. The van der Waals surface area contributed by atoms with Crippen molar-refractivity contribution in [2.24, 2.45) is 0 Å². The highest BCUT2D eigenvalue weighted by molar-refractivity contribution is 6.30. The summed E-state index contributed by atoms with van der Waals surface area (Å²) in [5, 5.41) is 7.23. The van der Waals surface area contributed by atoms with E-state index in [1.54, 1.807) is 25.3 Å². The Bertz CT molecular complexity index is 428. The standard InChI is InChI=1S/C9H8ClN3O/c1-14-8-3-2-6(10)4-7(8)9-11-5-12-13-9/h2-5H,1H3,(H,11,12,13). The summed E-state index contributed by atoms with van der Waals surface area (Å²) < 4.78 is 5.17. The number of rotatable bonds is 2. The van der Waals surface area contributed by atoms with E-state index in [9.17, 15) is 0 Å². The largest absolute Gasteiger partial charge is 0.496 e. The number of aromatic nitrogens is 3. The van der Waals surface area contributed by atoms with Crippen LogP contribution in [-0.4, -0.2) is 22.3 Å². The van der Waals surface area contributed by atoms with Crippen LogP contribution in [0.5, 0.6) is 5.75 Å². The van der Waals surface area contributed by atoms with Crippen molar-refractivity contribution < 1.29 is 4.74 Å². The summed E-state index contributed by atoms with van der Waals surface area (Å²) in [5.41, 5.74) is 0.779. The van der Waals surface area contributed by atoms with E-state index in [-0.39, 0.29) is 0 Å². The van der Waals surface area contributed by atoms with Gasteiger partial charge in [0.15, 0.2) is 5.82 Å². The number of methoxy groups -OCH3 is 1. The minimum Gasteiger partial charge on any atom is -0.496 e. The van der Waals surface area contributed by atoms with E-state index in [4.69, 9.17) is 16.3 Å². The number of nitrogens with zero attached hydrogens (tertiary/aromatic N) is 2. The van der Waals surface area contributed by atoms with Crippen LogP contribution in [0.25, 0.3) is 11.4 Å². The predicted octanol–water partition coefficient (Wildman–Crippen LogP) is 2.13. The number of halogens is 1. The van der Waals surface area contributed by atoms with Crippen LogP contribution in [0.4, 0.5) is 0 Å². The van der Waals surface area contributed by atoms with Crippen molar-refractivity contribution in [2.75, 3.05) is 7.11 Å². The number of aromatic amines is 1.